The summed E-state index contributed by atoms with van der Waals surface area (Å²) in [6.07, 6.45) is 0. The molecule has 2 aromatic carbocycles. The maximum absolute atomic E-state index is 12.9. The number of ether oxygens (including phenoxy) is 1. The normalized spacial score (nSPS) is 15.9. The Morgan fingerprint density at radius 3 is 2.54 bits per heavy atom. The van der Waals surface area contributed by atoms with E-state index in [1.54, 1.807) is 18.2 Å². The van der Waals surface area contributed by atoms with Crippen molar-refractivity contribution in [1.82, 2.24) is 10.2 Å². The summed E-state index contributed by atoms with van der Waals surface area (Å²) in [6, 6.07) is 11.0. The van der Waals surface area contributed by atoms with Crippen LogP contribution in [0, 0.1) is 6.92 Å². The van der Waals surface area contributed by atoms with Gasteiger partial charge >= 0.3 is 0 Å². The number of hydrogen-bond donors (Lipinski definition) is 2. The average molecular weight is 383 g/mol. The van der Waals surface area contributed by atoms with E-state index >= 15 is 0 Å². The van der Waals surface area contributed by atoms with E-state index in [4.69, 9.17) is 4.74 Å². The Balaban J connectivity index is 1.75. The number of benzene rings is 2. The summed E-state index contributed by atoms with van der Waals surface area (Å²) in [7, 11) is 3.64. The first kappa shape index (κ1) is 20.0. The number of aryl methyl sites for hydroxylation is 1. The van der Waals surface area contributed by atoms with Crippen LogP contribution < -0.4 is 15.0 Å². The number of aromatic hydroxyl groups is 1. The van der Waals surface area contributed by atoms with E-state index in [0.29, 0.717) is 11.3 Å². The predicted molar refractivity (Wildman–Crippen MR) is 111 cm³/mol. The molecular formula is C22H29N3O3. The molecule has 0 saturated carbocycles. The second kappa shape index (κ2) is 8.52. The molecule has 0 aromatic heterocycles. The second-order valence-electron chi connectivity index (χ2n) is 7.42. The second-order valence-corrected chi connectivity index (χ2v) is 7.42. The van der Waals surface area contributed by atoms with Crippen LogP contribution in [0.25, 0.3) is 0 Å². The Morgan fingerprint density at radius 2 is 1.86 bits per heavy atom. The maximum Gasteiger partial charge on any atom is 0.252 e. The summed E-state index contributed by atoms with van der Waals surface area (Å²) in [4.78, 5) is 17.6. The van der Waals surface area contributed by atoms with Crippen LogP contribution in [0.1, 0.15) is 34.5 Å². The summed E-state index contributed by atoms with van der Waals surface area (Å²) in [5.41, 5.74) is 3.60. The Kier molecular flexibility index (Phi) is 6.09. The lowest BCUT2D eigenvalue weighted by atomic mass is 10.0. The van der Waals surface area contributed by atoms with Gasteiger partial charge in [-0.1, -0.05) is 12.1 Å². The summed E-state index contributed by atoms with van der Waals surface area (Å²) in [5.74, 6) is 0.375. The fourth-order valence-electron chi connectivity index (χ4n) is 3.44. The van der Waals surface area contributed by atoms with Gasteiger partial charge in [0.2, 0.25) is 0 Å². The molecular weight excluding hydrogens is 354 g/mol. The van der Waals surface area contributed by atoms with Crippen LogP contribution in [0.3, 0.4) is 0 Å². The SMILES string of the molecule is COc1cc([C@@H](C)NC(=O)c2cc(N3CCN(C)CC3)ccc2C)ccc1O. The van der Waals surface area contributed by atoms with Gasteiger partial charge in [-0.2, -0.15) is 0 Å². The zero-order chi connectivity index (χ0) is 20.3. The summed E-state index contributed by atoms with van der Waals surface area (Å²) < 4.78 is 5.16. The van der Waals surface area contributed by atoms with Crippen LogP contribution in [0.15, 0.2) is 36.4 Å². The van der Waals surface area contributed by atoms with Crippen LogP contribution >= 0.6 is 0 Å². The van der Waals surface area contributed by atoms with E-state index in [1.165, 1.54) is 7.11 Å². The molecule has 6 heteroatoms. The highest BCUT2D eigenvalue weighted by molar-refractivity contribution is 5.96. The fourth-order valence-corrected chi connectivity index (χ4v) is 3.44. The topological polar surface area (TPSA) is 65.0 Å². The largest absolute Gasteiger partial charge is 0.504 e. The van der Waals surface area contributed by atoms with Crippen LogP contribution in [-0.4, -0.2) is 56.3 Å². The van der Waals surface area contributed by atoms with E-state index in [9.17, 15) is 9.90 Å². The van der Waals surface area contributed by atoms with E-state index in [0.717, 1.165) is 43.0 Å². The molecule has 3 rings (SSSR count). The Labute approximate surface area is 166 Å². The number of phenolic OH excluding ortho intramolecular Hbond substituents is 1. The first-order valence-corrected chi connectivity index (χ1v) is 9.61. The number of methoxy groups -OCH3 is 1. The molecule has 150 valence electrons. The third-order valence-electron chi connectivity index (χ3n) is 5.39. The van der Waals surface area contributed by atoms with Crippen LogP contribution in [-0.2, 0) is 0 Å². The molecule has 0 spiro atoms. The predicted octanol–water partition coefficient (Wildman–Crippen LogP) is 2.95. The molecule has 28 heavy (non-hydrogen) atoms. The van der Waals surface area contributed by atoms with Gasteiger partial charge in [0.05, 0.1) is 13.2 Å². The van der Waals surface area contributed by atoms with Gasteiger partial charge in [-0.15, -0.1) is 0 Å². The van der Waals surface area contributed by atoms with Crippen molar-refractivity contribution < 1.29 is 14.6 Å². The minimum Gasteiger partial charge on any atom is -0.504 e. The molecule has 1 aliphatic rings. The van der Waals surface area contributed by atoms with Gasteiger partial charge in [-0.3, -0.25) is 4.79 Å². The third kappa shape index (κ3) is 4.39. The number of anilines is 1. The number of carbonyl (C=O) groups is 1. The summed E-state index contributed by atoms with van der Waals surface area (Å²) in [6.45, 7) is 7.85. The molecule has 2 aromatic rings. The van der Waals surface area contributed by atoms with E-state index < -0.39 is 0 Å². The molecule has 1 heterocycles. The van der Waals surface area contributed by atoms with Crippen LogP contribution in [0.2, 0.25) is 0 Å². The lowest BCUT2D eigenvalue weighted by Gasteiger charge is -2.34. The Bertz CT molecular complexity index is 845. The molecule has 1 fully saturated rings. The number of piperazine rings is 1. The zero-order valence-electron chi connectivity index (χ0n) is 17.0. The highest BCUT2D eigenvalue weighted by Gasteiger charge is 2.19. The van der Waals surface area contributed by atoms with Crippen molar-refractivity contribution in [3.63, 3.8) is 0 Å². The minimum atomic E-state index is -0.214. The van der Waals surface area contributed by atoms with Crippen molar-refractivity contribution in [1.29, 1.82) is 0 Å². The average Bonchev–Trinajstić information content (AvgIpc) is 2.69. The van der Waals surface area contributed by atoms with Gasteiger partial charge in [0.25, 0.3) is 5.91 Å². The van der Waals surface area contributed by atoms with Crippen molar-refractivity contribution >= 4 is 11.6 Å². The van der Waals surface area contributed by atoms with Gasteiger partial charge in [0, 0.05) is 37.4 Å². The zero-order valence-corrected chi connectivity index (χ0v) is 17.0. The van der Waals surface area contributed by atoms with Gasteiger partial charge in [-0.25, -0.2) is 0 Å². The minimum absolute atomic E-state index is 0.0838. The number of nitrogens with zero attached hydrogens (tertiary/aromatic N) is 2. The van der Waals surface area contributed by atoms with Gasteiger partial charge < -0.3 is 25.0 Å². The Morgan fingerprint density at radius 1 is 1.14 bits per heavy atom. The number of amides is 1. The maximum atomic E-state index is 12.9. The first-order valence-electron chi connectivity index (χ1n) is 9.61. The molecule has 1 atom stereocenters. The van der Waals surface area contributed by atoms with Crippen LogP contribution in [0.5, 0.6) is 11.5 Å². The number of rotatable bonds is 5. The number of carbonyl (C=O) groups excluding carboxylic acids is 1. The van der Waals surface area contributed by atoms with Gasteiger partial charge in [0.15, 0.2) is 11.5 Å². The quantitative estimate of drug-likeness (QED) is 0.831. The monoisotopic (exact) mass is 383 g/mol. The molecule has 1 amide bonds. The molecule has 0 radical (unpaired) electrons. The number of hydrogen-bond acceptors (Lipinski definition) is 5. The molecule has 2 N–H and O–H groups in total. The molecule has 6 nitrogen and oxygen atoms in total. The molecule has 1 aliphatic heterocycles. The van der Waals surface area contributed by atoms with Crippen molar-refractivity contribution in [2.24, 2.45) is 0 Å². The third-order valence-corrected chi connectivity index (χ3v) is 5.39. The van der Waals surface area contributed by atoms with Crippen LogP contribution in [0.4, 0.5) is 5.69 Å². The summed E-state index contributed by atoms with van der Waals surface area (Å²) >= 11 is 0. The highest BCUT2D eigenvalue weighted by Crippen LogP contribution is 2.29. The molecule has 0 bridgehead atoms. The Hall–Kier alpha value is -2.73. The number of phenols is 1. The van der Waals surface area contributed by atoms with Crippen molar-refractivity contribution in [3.05, 3.63) is 53.1 Å². The molecule has 1 saturated heterocycles. The molecule has 0 unspecified atom stereocenters. The standard InChI is InChI=1S/C22H29N3O3/c1-15-5-7-18(25-11-9-24(3)10-12-25)14-19(15)22(27)23-16(2)17-6-8-20(26)21(13-17)28-4/h5-8,13-14,16,26H,9-12H2,1-4H3,(H,23,27)/t16-/m1/s1. The van der Waals surface area contributed by atoms with Crippen molar-refractivity contribution in [2.75, 3.05) is 45.2 Å². The molecule has 0 aliphatic carbocycles. The highest BCUT2D eigenvalue weighted by atomic mass is 16.5. The van der Waals surface area contributed by atoms with Crippen molar-refractivity contribution in [3.8, 4) is 11.5 Å². The van der Waals surface area contributed by atoms with Gasteiger partial charge in [-0.05, 0) is 56.3 Å². The summed E-state index contributed by atoms with van der Waals surface area (Å²) in [5, 5.41) is 12.8. The first-order chi connectivity index (χ1) is 13.4. The fraction of sp³-hybridized carbons (Fsp3) is 0.409. The smallest absolute Gasteiger partial charge is 0.252 e. The number of likely N-dealkylation sites (N-methyl/N-ethyl adjacent to an activating group) is 1. The van der Waals surface area contributed by atoms with E-state index in [1.807, 2.05) is 26.0 Å². The van der Waals surface area contributed by atoms with Gasteiger partial charge in [0.1, 0.15) is 0 Å². The number of nitrogens with one attached hydrogen (secondary N) is 1. The van der Waals surface area contributed by atoms with E-state index in [2.05, 4.69) is 28.2 Å². The van der Waals surface area contributed by atoms with Crippen molar-refractivity contribution in [2.45, 2.75) is 19.9 Å². The lowest BCUT2D eigenvalue weighted by molar-refractivity contribution is 0.0939. The lowest BCUT2D eigenvalue weighted by Crippen LogP contribution is -2.44. The van der Waals surface area contributed by atoms with E-state index in [-0.39, 0.29) is 17.7 Å².